The summed E-state index contributed by atoms with van der Waals surface area (Å²) in [6.45, 7) is 4.53. The largest absolute Gasteiger partial charge is 0.497 e. The van der Waals surface area contributed by atoms with Crippen molar-refractivity contribution >= 4 is 11.7 Å². The van der Waals surface area contributed by atoms with Gasteiger partial charge in [0, 0.05) is 31.7 Å². The normalized spacial score (nSPS) is 15.2. The van der Waals surface area contributed by atoms with Gasteiger partial charge >= 0.3 is 6.03 Å². The molecular formula is C18H25N5O2. The molecule has 0 spiro atoms. The number of carbonyl (C=O) groups excluding carboxylic acids is 1. The maximum Gasteiger partial charge on any atom is 0.321 e. The lowest BCUT2D eigenvalue weighted by Crippen LogP contribution is -2.41. The maximum absolute atomic E-state index is 12.4. The SMILES string of the molecule is CCn1cnnc1CC1CCN(C(=O)Nc2ccc(OC)cc2)CC1. The molecule has 1 aromatic carbocycles. The number of likely N-dealkylation sites (tertiary alicyclic amines) is 1. The average Bonchev–Trinajstić information content (AvgIpc) is 3.10. The Morgan fingerprint density at radius 1 is 1.28 bits per heavy atom. The number of amides is 2. The predicted molar refractivity (Wildman–Crippen MR) is 95.7 cm³/mol. The highest BCUT2D eigenvalue weighted by Gasteiger charge is 2.24. The molecule has 1 saturated heterocycles. The second kappa shape index (κ2) is 8.00. The number of piperidine rings is 1. The van der Waals surface area contributed by atoms with E-state index in [1.165, 1.54) is 0 Å². The Morgan fingerprint density at radius 2 is 2.00 bits per heavy atom. The summed E-state index contributed by atoms with van der Waals surface area (Å²) in [6, 6.07) is 7.33. The van der Waals surface area contributed by atoms with Crippen molar-refractivity contribution in [3.8, 4) is 5.75 Å². The lowest BCUT2D eigenvalue weighted by molar-refractivity contribution is 0.181. The average molecular weight is 343 g/mol. The van der Waals surface area contributed by atoms with Gasteiger partial charge in [0.2, 0.25) is 0 Å². The zero-order valence-corrected chi connectivity index (χ0v) is 14.8. The molecule has 7 nitrogen and oxygen atoms in total. The first-order chi connectivity index (χ1) is 12.2. The smallest absolute Gasteiger partial charge is 0.321 e. The highest BCUT2D eigenvalue weighted by Crippen LogP contribution is 2.22. The van der Waals surface area contributed by atoms with Gasteiger partial charge in [0.1, 0.15) is 17.9 Å². The van der Waals surface area contributed by atoms with Crippen LogP contribution in [0, 0.1) is 5.92 Å². The van der Waals surface area contributed by atoms with Gasteiger partial charge in [-0.05, 0) is 49.9 Å². The molecule has 0 radical (unpaired) electrons. The molecule has 1 N–H and O–H groups in total. The van der Waals surface area contributed by atoms with Crippen LogP contribution in [-0.4, -0.2) is 45.9 Å². The summed E-state index contributed by atoms with van der Waals surface area (Å²) < 4.78 is 7.21. The van der Waals surface area contributed by atoms with E-state index in [0.717, 1.165) is 56.2 Å². The van der Waals surface area contributed by atoms with Crippen molar-refractivity contribution < 1.29 is 9.53 Å². The zero-order valence-electron chi connectivity index (χ0n) is 14.8. The predicted octanol–water partition coefficient (Wildman–Crippen LogP) is 2.79. The Morgan fingerprint density at radius 3 is 2.64 bits per heavy atom. The van der Waals surface area contributed by atoms with Crippen LogP contribution in [0.15, 0.2) is 30.6 Å². The van der Waals surface area contributed by atoms with Gasteiger partial charge in [-0.15, -0.1) is 10.2 Å². The Hall–Kier alpha value is -2.57. The van der Waals surface area contributed by atoms with Crippen molar-refractivity contribution in [3.63, 3.8) is 0 Å². The highest BCUT2D eigenvalue weighted by molar-refractivity contribution is 5.89. The minimum absolute atomic E-state index is 0.0414. The van der Waals surface area contributed by atoms with Gasteiger partial charge in [-0.1, -0.05) is 0 Å². The molecule has 1 aliphatic rings. The monoisotopic (exact) mass is 343 g/mol. The minimum atomic E-state index is -0.0414. The van der Waals surface area contributed by atoms with E-state index in [1.54, 1.807) is 13.4 Å². The molecule has 2 amide bonds. The molecule has 2 aromatic rings. The van der Waals surface area contributed by atoms with Crippen LogP contribution in [0.3, 0.4) is 0 Å². The Kier molecular flexibility index (Phi) is 5.53. The van der Waals surface area contributed by atoms with Gasteiger partial charge in [0.25, 0.3) is 0 Å². The number of urea groups is 1. The number of nitrogens with one attached hydrogen (secondary N) is 1. The number of rotatable bonds is 5. The number of aromatic nitrogens is 3. The number of hydrogen-bond donors (Lipinski definition) is 1. The van der Waals surface area contributed by atoms with E-state index in [0.29, 0.717) is 5.92 Å². The van der Waals surface area contributed by atoms with Crippen molar-refractivity contribution in [2.45, 2.75) is 32.7 Å². The van der Waals surface area contributed by atoms with Crippen molar-refractivity contribution in [3.05, 3.63) is 36.4 Å². The van der Waals surface area contributed by atoms with E-state index in [-0.39, 0.29) is 6.03 Å². The summed E-state index contributed by atoms with van der Waals surface area (Å²) in [5, 5.41) is 11.2. The van der Waals surface area contributed by atoms with Gasteiger partial charge < -0.3 is 19.5 Å². The first-order valence-electron chi connectivity index (χ1n) is 8.76. The van der Waals surface area contributed by atoms with Crippen molar-refractivity contribution in [2.75, 3.05) is 25.5 Å². The molecule has 0 unspecified atom stereocenters. The van der Waals surface area contributed by atoms with E-state index in [9.17, 15) is 4.79 Å². The van der Waals surface area contributed by atoms with Gasteiger partial charge in [0.05, 0.1) is 7.11 Å². The quantitative estimate of drug-likeness (QED) is 0.906. The summed E-state index contributed by atoms with van der Waals surface area (Å²) in [5.74, 6) is 2.38. The Labute approximate surface area is 148 Å². The van der Waals surface area contributed by atoms with Gasteiger partial charge in [-0.3, -0.25) is 0 Å². The number of nitrogens with zero attached hydrogens (tertiary/aromatic N) is 4. The van der Waals surface area contributed by atoms with Crippen LogP contribution in [0.2, 0.25) is 0 Å². The van der Waals surface area contributed by atoms with Crippen LogP contribution < -0.4 is 10.1 Å². The van der Waals surface area contributed by atoms with Gasteiger partial charge in [0.15, 0.2) is 0 Å². The fraction of sp³-hybridized carbons (Fsp3) is 0.500. The molecule has 2 heterocycles. The van der Waals surface area contributed by atoms with Crippen LogP contribution >= 0.6 is 0 Å². The number of aryl methyl sites for hydroxylation is 1. The Bertz CT molecular complexity index is 690. The number of methoxy groups -OCH3 is 1. The van der Waals surface area contributed by atoms with E-state index >= 15 is 0 Å². The Balaban J connectivity index is 1.48. The van der Waals surface area contributed by atoms with Crippen molar-refractivity contribution in [2.24, 2.45) is 5.92 Å². The topological polar surface area (TPSA) is 72.3 Å². The molecule has 1 aromatic heterocycles. The number of hydrogen-bond acceptors (Lipinski definition) is 4. The second-order valence-electron chi connectivity index (χ2n) is 6.33. The molecule has 1 fully saturated rings. The van der Waals surface area contributed by atoms with E-state index in [2.05, 4.69) is 27.0 Å². The lowest BCUT2D eigenvalue weighted by Gasteiger charge is -2.31. The van der Waals surface area contributed by atoms with Gasteiger partial charge in [-0.25, -0.2) is 4.79 Å². The van der Waals surface area contributed by atoms with Crippen LogP contribution in [0.5, 0.6) is 5.75 Å². The highest BCUT2D eigenvalue weighted by atomic mass is 16.5. The molecular weight excluding hydrogens is 318 g/mol. The van der Waals surface area contributed by atoms with Crippen LogP contribution in [0.1, 0.15) is 25.6 Å². The third kappa shape index (κ3) is 4.29. The van der Waals surface area contributed by atoms with E-state index in [4.69, 9.17) is 4.74 Å². The third-order valence-electron chi connectivity index (χ3n) is 4.75. The summed E-state index contributed by atoms with van der Waals surface area (Å²) in [5.41, 5.74) is 0.781. The summed E-state index contributed by atoms with van der Waals surface area (Å²) in [7, 11) is 1.63. The molecule has 0 atom stereocenters. The standard InChI is InChI=1S/C18H25N5O2/c1-3-22-13-19-21-17(22)12-14-8-10-23(11-9-14)18(24)20-15-4-6-16(25-2)7-5-15/h4-7,13-14H,3,8-12H2,1-2H3,(H,20,24). The number of carbonyl (C=O) groups is 1. The maximum atomic E-state index is 12.4. The van der Waals surface area contributed by atoms with Crippen molar-refractivity contribution in [1.29, 1.82) is 0 Å². The number of ether oxygens (including phenoxy) is 1. The third-order valence-corrected chi connectivity index (χ3v) is 4.75. The molecule has 25 heavy (non-hydrogen) atoms. The van der Waals surface area contributed by atoms with Crippen molar-refractivity contribution in [1.82, 2.24) is 19.7 Å². The van der Waals surface area contributed by atoms with E-state index < -0.39 is 0 Å². The second-order valence-corrected chi connectivity index (χ2v) is 6.33. The molecule has 3 rings (SSSR count). The van der Waals surface area contributed by atoms with E-state index in [1.807, 2.05) is 29.2 Å². The lowest BCUT2D eigenvalue weighted by atomic mass is 9.93. The zero-order chi connectivity index (χ0) is 17.6. The molecule has 1 aliphatic heterocycles. The fourth-order valence-corrected chi connectivity index (χ4v) is 3.18. The summed E-state index contributed by atoms with van der Waals surface area (Å²) >= 11 is 0. The van der Waals surface area contributed by atoms with Crippen LogP contribution in [0.4, 0.5) is 10.5 Å². The fourth-order valence-electron chi connectivity index (χ4n) is 3.18. The van der Waals surface area contributed by atoms with Gasteiger partial charge in [-0.2, -0.15) is 0 Å². The number of anilines is 1. The first kappa shape index (κ1) is 17.3. The number of benzene rings is 1. The van der Waals surface area contributed by atoms with Crippen LogP contribution in [-0.2, 0) is 13.0 Å². The first-order valence-corrected chi connectivity index (χ1v) is 8.76. The summed E-state index contributed by atoms with van der Waals surface area (Å²) in [6.07, 6.45) is 4.70. The molecule has 0 bridgehead atoms. The molecule has 7 heteroatoms. The minimum Gasteiger partial charge on any atom is -0.497 e. The molecule has 0 saturated carbocycles. The molecule has 134 valence electrons. The summed E-state index contributed by atoms with van der Waals surface area (Å²) in [4.78, 5) is 14.3. The van der Waals surface area contributed by atoms with Crippen LogP contribution in [0.25, 0.3) is 0 Å². The molecule has 0 aliphatic carbocycles.